The van der Waals surface area contributed by atoms with Crippen molar-refractivity contribution >= 4 is 22.0 Å². The fraction of sp³-hybridized carbons (Fsp3) is 0.529. The first kappa shape index (κ1) is 19.4. The molecule has 138 valence electrons. The average Bonchev–Trinajstić information content (AvgIpc) is 2.55. The molecule has 0 saturated carbocycles. The molecule has 7 nitrogen and oxygen atoms in total. The number of aryl methyl sites for hydroxylation is 1. The number of carboxylic acids is 1. The van der Waals surface area contributed by atoms with Gasteiger partial charge in [-0.15, -0.1) is 0 Å². The van der Waals surface area contributed by atoms with E-state index in [0.717, 1.165) is 0 Å². The van der Waals surface area contributed by atoms with Gasteiger partial charge in [-0.1, -0.05) is 6.07 Å². The fourth-order valence-corrected chi connectivity index (χ4v) is 4.67. The number of sulfonamides is 1. The Hall–Kier alpha value is -1.93. The van der Waals surface area contributed by atoms with E-state index in [4.69, 9.17) is 4.74 Å². The molecule has 0 radical (unpaired) electrons. The van der Waals surface area contributed by atoms with Crippen molar-refractivity contribution in [1.82, 2.24) is 4.31 Å². The van der Waals surface area contributed by atoms with Crippen molar-refractivity contribution in [3.05, 3.63) is 29.3 Å². The predicted octanol–water partition coefficient (Wildman–Crippen LogP) is 2.05. The summed E-state index contributed by atoms with van der Waals surface area (Å²) in [7, 11) is -3.90. The van der Waals surface area contributed by atoms with Gasteiger partial charge in [-0.2, -0.15) is 4.31 Å². The number of aliphatic carboxylic acids is 1. The zero-order valence-corrected chi connectivity index (χ0v) is 15.4. The van der Waals surface area contributed by atoms with Crippen molar-refractivity contribution < 1.29 is 27.9 Å². The second-order valence-electron chi connectivity index (χ2n) is 6.23. The minimum atomic E-state index is -3.90. The number of carbonyl (C=O) groups is 2. The zero-order valence-electron chi connectivity index (χ0n) is 14.6. The highest BCUT2D eigenvalue weighted by molar-refractivity contribution is 7.89. The second kappa shape index (κ2) is 7.53. The molecule has 1 aromatic carbocycles. The van der Waals surface area contributed by atoms with Gasteiger partial charge in [0.2, 0.25) is 10.0 Å². The van der Waals surface area contributed by atoms with Gasteiger partial charge in [0.1, 0.15) is 0 Å². The quantitative estimate of drug-likeness (QED) is 0.797. The minimum Gasteiger partial charge on any atom is -0.481 e. The summed E-state index contributed by atoms with van der Waals surface area (Å²) in [5, 5.41) is 9.21. The van der Waals surface area contributed by atoms with Crippen LogP contribution in [0.1, 0.15) is 42.6 Å². The molecular formula is C17H23NO6S. The van der Waals surface area contributed by atoms with Gasteiger partial charge in [-0.25, -0.2) is 13.2 Å². The maximum absolute atomic E-state index is 13.0. The summed E-state index contributed by atoms with van der Waals surface area (Å²) >= 11 is 0. The van der Waals surface area contributed by atoms with Gasteiger partial charge in [-0.3, -0.25) is 4.79 Å². The standard InChI is InChI=1S/C17H23NO6S/c1-4-24-17(21)15-9-14(8-5-11(15)2)25(22,23)18-10-13(16(19)20)7-6-12(18)3/h5,8-9,12-13H,4,6-7,10H2,1-3H3,(H,19,20). The molecule has 0 bridgehead atoms. The molecule has 2 atom stereocenters. The lowest BCUT2D eigenvalue weighted by Crippen LogP contribution is -2.47. The molecule has 1 aliphatic rings. The van der Waals surface area contributed by atoms with E-state index in [1.807, 2.05) is 0 Å². The Morgan fingerprint density at radius 3 is 2.60 bits per heavy atom. The largest absolute Gasteiger partial charge is 0.481 e. The van der Waals surface area contributed by atoms with E-state index in [1.54, 1.807) is 26.8 Å². The molecule has 2 unspecified atom stereocenters. The van der Waals surface area contributed by atoms with Crippen LogP contribution in [0.5, 0.6) is 0 Å². The van der Waals surface area contributed by atoms with Crippen LogP contribution in [0.3, 0.4) is 0 Å². The fourth-order valence-electron chi connectivity index (χ4n) is 2.94. The lowest BCUT2D eigenvalue weighted by molar-refractivity contribution is -0.143. The van der Waals surface area contributed by atoms with Crippen molar-refractivity contribution in [2.45, 2.75) is 44.6 Å². The van der Waals surface area contributed by atoms with Gasteiger partial charge in [0.05, 0.1) is 23.0 Å². The van der Waals surface area contributed by atoms with Crippen LogP contribution in [0.4, 0.5) is 0 Å². The third kappa shape index (κ3) is 4.01. The Morgan fingerprint density at radius 1 is 1.32 bits per heavy atom. The highest BCUT2D eigenvalue weighted by Gasteiger charge is 2.37. The first-order valence-corrected chi connectivity index (χ1v) is 9.65. The summed E-state index contributed by atoms with van der Waals surface area (Å²) in [5.74, 6) is -2.30. The van der Waals surface area contributed by atoms with E-state index in [-0.39, 0.29) is 29.7 Å². The molecule has 0 aliphatic carbocycles. The minimum absolute atomic E-state index is 0.0287. The Morgan fingerprint density at radius 2 is 2.00 bits per heavy atom. The van der Waals surface area contributed by atoms with E-state index in [9.17, 15) is 23.1 Å². The first-order chi connectivity index (χ1) is 11.7. The summed E-state index contributed by atoms with van der Waals surface area (Å²) in [6.07, 6.45) is 0.928. The van der Waals surface area contributed by atoms with Crippen molar-refractivity contribution in [3.8, 4) is 0 Å². The Balaban J connectivity index is 2.40. The Labute approximate surface area is 147 Å². The SMILES string of the molecule is CCOC(=O)c1cc(S(=O)(=O)N2CC(C(=O)O)CCC2C)ccc1C. The van der Waals surface area contributed by atoms with E-state index >= 15 is 0 Å². The molecule has 8 heteroatoms. The van der Waals surface area contributed by atoms with Gasteiger partial charge in [0.15, 0.2) is 0 Å². The van der Waals surface area contributed by atoms with E-state index in [0.29, 0.717) is 18.4 Å². The van der Waals surface area contributed by atoms with Gasteiger partial charge in [0, 0.05) is 12.6 Å². The van der Waals surface area contributed by atoms with Crippen molar-refractivity contribution in [2.24, 2.45) is 5.92 Å². The van der Waals surface area contributed by atoms with Crippen LogP contribution in [0.2, 0.25) is 0 Å². The number of hydrogen-bond donors (Lipinski definition) is 1. The molecule has 0 aromatic heterocycles. The second-order valence-corrected chi connectivity index (χ2v) is 8.12. The van der Waals surface area contributed by atoms with Crippen LogP contribution in [0.25, 0.3) is 0 Å². The molecule has 1 heterocycles. The van der Waals surface area contributed by atoms with Crippen LogP contribution in [-0.4, -0.2) is 49.0 Å². The number of piperidine rings is 1. The number of carbonyl (C=O) groups excluding carboxylic acids is 1. The molecule has 0 amide bonds. The average molecular weight is 369 g/mol. The number of rotatable bonds is 5. The van der Waals surface area contributed by atoms with E-state index in [1.165, 1.54) is 16.4 Å². The van der Waals surface area contributed by atoms with Gasteiger partial charge in [0.25, 0.3) is 0 Å². The molecule has 1 saturated heterocycles. The van der Waals surface area contributed by atoms with Crippen LogP contribution < -0.4 is 0 Å². The molecule has 1 aromatic rings. The van der Waals surface area contributed by atoms with Crippen LogP contribution >= 0.6 is 0 Å². The molecule has 1 aliphatic heterocycles. The number of carboxylic acid groups (broad SMARTS) is 1. The van der Waals surface area contributed by atoms with E-state index in [2.05, 4.69) is 0 Å². The van der Waals surface area contributed by atoms with Crippen molar-refractivity contribution in [2.75, 3.05) is 13.2 Å². The zero-order chi connectivity index (χ0) is 18.8. The van der Waals surface area contributed by atoms with Crippen molar-refractivity contribution in [1.29, 1.82) is 0 Å². The highest BCUT2D eigenvalue weighted by atomic mass is 32.2. The molecule has 0 spiro atoms. The summed E-state index contributed by atoms with van der Waals surface area (Å²) < 4.78 is 32.2. The number of benzene rings is 1. The highest BCUT2D eigenvalue weighted by Crippen LogP contribution is 2.29. The maximum atomic E-state index is 13.0. The number of hydrogen-bond acceptors (Lipinski definition) is 5. The molecule has 1 fully saturated rings. The van der Waals surface area contributed by atoms with E-state index < -0.39 is 27.9 Å². The molecule has 2 rings (SSSR count). The number of esters is 1. The van der Waals surface area contributed by atoms with Crippen LogP contribution in [0, 0.1) is 12.8 Å². The summed E-state index contributed by atoms with van der Waals surface area (Å²) in [5.41, 5.74) is 0.815. The monoisotopic (exact) mass is 369 g/mol. The molecule has 25 heavy (non-hydrogen) atoms. The number of ether oxygens (including phenoxy) is 1. The Kier molecular flexibility index (Phi) is 5.84. The predicted molar refractivity (Wildman–Crippen MR) is 90.8 cm³/mol. The lowest BCUT2D eigenvalue weighted by Gasteiger charge is -2.35. The summed E-state index contributed by atoms with van der Waals surface area (Å²) in [6.45, 7) is 5.26. The summed E-state index contributed by atoms with van der Waals surface area (Å²) in [4.78, 5) is 23.2. The number of nitrogens with zero attached hydrogens (tertiary/aromatic N) is 1. The normalized spacial score (nSPS) is 21.7. The molecule has 1 N–H and O–H groups in total. The van der Waals surface area contributed by atoms with Gasteiger partial charge < -0.3 is 9.84 Å². The van der Waals surface area contributed by atoms with Crippen LogP contribution in [0.15, 0.2) is 23.1 Å². The first-order valence-electron chi connectivity index (χ1n) is 8.21. The molecular weight excluding hydrogens is 346 g/mol. The van der Waals surface area contributed by atoms with Crippen LogP contribution in [-0.2, 0) is 19.6 Å². The lowest BCUT2D eigenvalue weighted by atomic mass is 9.96. The third-order valence-electron chi connectivity index (χ3n) is 4.49. The summed E-state index contributed by atoms with van der Waals surface area (Å²) in [6, 6.07) is 4.00. The van der Waals surface area contributed by atoms with Gasteiger partial charge >= 0.3 is 11.9 Å². The van der Waals surface area contributed by atoms with Crippen molar-refractivity contribution in [3.63, 3.8) is 0 Å². The smallest absolute Gasteiger partial charge is 0.338 e. The van der Waals surface area contributed by atoms with Gasteiger partial charge in [-0.05, 0) is 51.3 Å². The topological polar surface area (TPSA) is 101 Å². The maximum Gasteiger partial charge on any atom is 0.338 e. The third-order valence-corrected chi connectivity index (χ3v) is 6.46. The Bertz CT molecular complexity index is 773.